The highest BCUT2D eigenvalue weighted by molar-refractivity contribution is 6.01. The van der Waals surface area contributed by atoms with Crippen LogP contribution in [0.1, 0.15) is 10.5 Å². The smallest absolute Gasteiger partial charge is 0.278 e. The van der Waals surface area contributed by atoms with Crippen molar-refractivity contribution in [1.29, 1.82) is 0 Å². The van der Waals surface area contributed by atoms with E-state index in [1.807, 2.05) is 54.2 Å². The monoisotopic (exact) mass is 223 g/mol. The third kappa shape index (κ3) is 1.47. The number of hydrogen-bond donors (Lipinski definition) is 0. The van der Waals surface area contributed by atoms with Crippen molar-refractivity contribution in [2.75, 3.05) is 0 Å². The minimum atomic E-state index is -0.0151. The van der Waals surface area contributed by atoms with E-state index in [1.54, 1.807) is 10.8 Å². The van der Waals surface area contributed by atoms with E-state index < -0.39 is 0 Å². The Kier molecular flexibility index (Phi) is 2.11. The first-order chi connectivity index (χ1) is 8.27. The molecule has 0 aliphatic heterocycles. The molecule has 2 heterocycles. The largest absolute Gasteiger partial charge is 0.347 e. The van der Waals surface area contributed by atoms with Crippen molar-refractivity contribution >= 4 is 16.8 Å². The van der Waals surface area contributed by atoms with Gasteiger partial charge in [-0.1, -0.05) is 6.07 Å². The Balaban J connectivity index is 2.17. The second-order valence-corrected chi connectivity index (χ2v) is 3.98. The van der Waals surface area contributed by atoms with Crippen molar-refractivity contribution in [2.45, 2.75) is 0 Å². The van der Waals surface area contributed by atoms with Gasteiger partial charge < -0.3 is 4.57 Å². The average molecular weight is 223 g/mol. The third-order valence-corrected chi connectivity index (χ3v) is 2.92. The minimum absolute atomic E-state index is 0.0151. The van der Waals surface area contributed by atoms with Crippen LogP contribution in [0, 0.1) is 6.07 Å². The summed E-state index contributed by atoms with van der Waals surface area (Å²) in [4.78, 5) is 12.3. The summed E-state index contributed by atoms with van der Waals surface area (Å²) in [7, 11) is 1.87. The molecular formula is C14H11N2O. The first-order valence-corrected chi connectivity index (χ1v) is 5.40. The summed E-state index contributed by atoms with van der Waals surface area (Å²) in [6.07, 6.45) is 3.67. The molecule has 0 spiro atoms. The third-order valence-electron chi connectivity index (χ3n) is 2.92. The maximum absolute atomic E-state index is 12.3. The Morgan fingerprint density at radius 2 is 2.12 bits per heavy atom. The highest BCUT2D eigenvalue weighted by Gasteiger charge is 2.13. The first kappa shape index (κ1) is 9.90. The number of rotatable bonds is 1. The van der Waals surface area contributed by atoms with Gasteiger partial charge in [0.1, 0.15) is 5.69 Å². The highest BCUT2D eigenvalue weighted by Crippen LogP contribution is 2.16. The van der Waals surface area contributed by atoms with E-state index in [9.17, 15) is 4.79 Å². The number of hydrogen-bond acceptors (Lipinski definition) is 1. The van der Waals surface area contributed by atoms with Crippen LogP contribution in [-0.2, 0) is 7.05 Å². The van der Waals surface area contributed by atoms with Crippen LogP contribution in [0.25, 0.3) is 10.9 Å². The van der Waals surface area contributed by atoms with Gasteiger partial charge in [-0.2, -0.15) is 0 Å². The van der Waals surface area contributed by atoms with Crippen molar-refractivity contribution in [3.05, 3.63) is 60.6 Å². The number of aryl methyl sites for hydroxylation is 1. The zero-order chi connectivity index (χ0) is 11.8. The molecule has 3 aromatic rings. The fourth-order valence-corrected chi connectivity index (χ4v) is 2.01. The van der Waals surface area contributed by atoms with E-state index in [0.29, 0.717) is 5.69 Å². The summed E-state index contributed by atoms with van der Waals surface area (Å²) in [6.45, 7) is 0. The molecule has 0 amide bonds. The second kappa shape index (κ2) is 3.63. The molecule has 0 unspecified atom stereocenters. The van der Waals surface area contributed by atoms with Gasteiger partial charge in [0.2, 0.25) is 0 Å². The van der Waals surface area contributed by atoms with Crippen LogP contribution in [0.5, 0.6) is 0 Å². The second-order valence-electron chi connectivity index (χ2n) is 3.98. The van der Waals surface area contributed by atoms with Crippen LogP contribution in [0.4, 0.5) is 0 Å². The van der Waals surface area contributed by atoms with Gasteiger partial charge in [0.05, 0.1) is 5.52 Å². The lowest BCUT2D eigenvalue weighted by Crippen LogP contribution is -2.14. The molecule has 17 heavy (non-hydrogen) atoms. The zero-order valence-corrected chi connectivity index (χ0v) is 9.42. The molecule has 0 fully saturated rings. The predicted molar refractivity (Wildman–Crippen MR) is 65.9 cm³/mol. The summed E-state index contributed by atoms with van der Waals surface area (Å²) in [5.74, 6) is -0.0151. The zero-order valence-electron chi connectivity index (χ0n) is 9.42. The Morgan fingerprint density at radius 3 is 2.88 bits per heavy atom. The normalized spacial score (nSPS) is 10.9. The Hall–Kier alpha value is -2.29. The molecule has 0 aliphatic rings. The van der Waals surface area contributed by atoms with Crippen LogP contribution >= 0.6 is 0 Å². The van der Waals surface area contributed by atoms with Gasteiger partial charge in [-0.05, 0) is 36.4 Å². The van der Waals surface area contributed by atoms with Crippen molar-refractivity contribution in [3.63, 3.8) is 0 Å². The summed E-state index contributed by atoms with van der Waals surface area (Å²) >= 11 is 0. The SMILES string of the molecule is Cn1cccc1C(=O)n1ccc2c[c]ccc21. The van der Waals surface area contributed by atoms with E-state index in [2.05, 4.69) is 6.07 Å². The van der Waals surface area contributed by atoms with Gasteiger partial charge in [0.15, 0.2) is 0 Å². The Labute approximate surface area is 98.9 Å². The average Bonchev–Trinajstić information content (AvgIpc) is 2.94. The van der Waals surface area contributed by atoms with Crippen LogP contribution in [0.15, 0.2) is 48.8 Å². The summed E-state index contributed by atoms with van der Waals surface area (Å²) < 4.78 is 3.49. The predicted octanol–water partition coefficient (Wildman–Crippen LogP) is 2.47. The molecule has 0 N–H and O–H groups in total. The molecule has 0 saturated heterocycles. The molecule has 3 nitrogen and oxygen atoms in total. The molecule has 83 valence electrons. The Morgan fingerprint density at radius 1 is 1.24 bits per heavy atom. The summed E-state index contributed by atoms with van der Waals surface area (Å²) in [6, 6.07) is 14.2. The van der Waals surface area contributed by atoms with E-state index >= 15 is 0 Å². The number of nitrogens with zero attached hydrogens (tertiary/aromatic N) is 2. The lowest BCUT2D eigenvalue weighted by Gasteiger charge is -2.05. The number of carbonyl (C=O) groups excluding carboxylic acids is 1. The van der Waals surface area contributed by atoms with Gasteiger partial charge in [-0.3, -0.25) is 9.36 Å². The standard InChI is InChI=1S/C14H11N2O/c1-15-9-4-7-13(15)14(17)16-10-8-11-5-2-3-6-12(11)16/h3-10H,1H3. The maximum Gasteiger partial charge on any atom is 0.278 e. The van der Waals surface area contributed by atoms with Gasteiger partial charge in [-0.25, -0.2) is 0 Å². The molecule has 0 saturated carbocycles. The number of fused-ring (bicyclic) bond motifs is 1. The van der Waals surface area contributed by atoms with E-state index in [4.69, 9.17) is 0 Å². The van der Waals surface area contributed by atoms with E-state index in [1.165, 1.54) is 0 Å². The minimum Gasteiger partial charge on any atom is -0.347 e. The fraction of sp³-hybridized carbons (Fsp3) is 0.0714. The van der Waals surface area contributed by atoms with E-state index in [-0.39, 0.29) is 5.91 Å². The summed E-state index contributed by atoms with van der Waals surface area (Å²) in [5, 5.41) is 1.02. The van der Waals surface area contributed by atoms with Crippen molar-refractivity contribution < 1.29 is 4.79 Å². The molecule has 2 aromatic heterocycles. The molecule has 3 heteroatoms. The van der Waals surface area contributed by atoms with Crippen molar-refractivity contribution in [1.82, 2.24) is 9.13 Å². The number of benzene rings is 1. The Bertz CT molecular complexity index is 691. The molecule has 0 atom stereocenters. The first-order valence-electron chi connectivity index (χ1n) is 5.40. The number of aromatic nitrogens is 2. The van der Waals surface area contributed by atoms with Gasteiger partial charge >= 0.3 is 0 Å². The van der Waals surface area contributed by atoms with E-state index in [0.717, 1.165) is 10.9 Å². The van der Waals surface area contributed by atoms with Crippen molar-refractivity contribution in [2.24, 2.45) is 7.05 Å². The molecule has 0 bridgehead atoms. The molecular weight excluding hydrogens is 212 g/mol. The van der Waals surface area contributed by atoms with Crippen LogP contribution in [-0.4, -0.2) is 15.0 Å². The molecule has 1 aromatic carbocycles. The summed E-state index contributed by atoms with van der Waals surface area (Å²) in [5.41, 5.74) is 1.59. The maximum atomic E-state index is 12.3. The quantitative estimate of drug-likeness (QED) is 0.622. The van der Waals surface area contributed by atoms with Crippen LogP contribution in [0.2, 0.25) is 0 Å². The van der Waals surface area contributed by atoms with Crippen molar-refractivity contribution in [3.8, 4) is 0 Å². The van der Waals surface area contributed by atoms with Gasteiger partial charge in [-0.15, -0.1) is 0 Å². The fourth-order valence-electron chi connectivity index (χ4n) is 2.01. The molecule has 1 radical (unpaired) electrons. The number of carbonyl (C=O) groups is 1. The molecule has 3 rings (SSSR count). The van der Waals surface area contributed by atoms with Gasteiger partial charge in [0, 0.05) is 24.8 Å². The van der Waals surface area contributed by atoms with Gasteiger partial charge in [0.25, 0.3) is 5.91 Å². The topological polar surface area (TPSA) is 26.9 Å². The lowest BCUT2D eigenvalue weighted by atomic mass is 10.2. The lowest BCUT2D eigenvalue weighted by molar-refractivity contribution is 0.0957. The molecule has 0 aliphatic carbocycles. The van der Waals surface area contributed by atoms with Crippen LogP contribution in [0.3, 0.4) is 0 Å². The van der Waals surface area contributed by atoms with Crippen LogP contribution < -0.4 is 0 Å². The highest BCUT2D eigenvalue weighted by atomic mass is 16.2.